The van der Waals surface area contributed by atoms with Crippen molar-refractivity contribution in [3.63, 3.8) is 0 Å². The number of rotatable bonds is 7. The molecular weight excluding hydrogens is 364 g/mol. The topological polar surface area (TPSA) is 93.0 Å². The predicted molar refractivity (Wildman–Crippen MR) is 99.9 cm³/mol. The highest BCUT2D eigenvalue weighted by Gasteiger charge is 2.50. The predicted octanol–water partition coefficient (Wildman–Crippen LogP) is 0.802. The Morgan fingerprint density at radius 1 is 1.33 bits per heavy atom. The Balaban J connectivity index is 1.34. The SMILES string of the molecule is Cn1nncc1CC(=O)NCC1(C2CC2)CCN(C(=O)Cc2cncs2)C1. The van der Waals surface area contributed by atoms with E-state index < -0.39 is 0 Å². The van der Waals surface area contributed by atoms with Gasteiger partial charge in [0.2, 0.25) is 11.8 Å². The van der Waals surface area contributed by atoms with Crippen molar-refractivity contribution in [3.05, 3.63) is 28.5 Å². The number of aryl methyl sites for hydroxylation is 1. The third-order valence-corrected chi connectivity index (χ3v) is 6.56. The van der Waals surface area contributed by atoms with Crippen molar-refractivity contribution in [2.75, 3.05) is 19.6 Å². The maximum absolute atomic E-state index is 12.6. The van der Waals surface area contributed by atoms with E-state index in [1.54, 1.807) is 29.6 Å². The van der Waals surface area contributed by atoms with Crippen molar-refractivity contribution in [2.45, 2.75) is 32.1 Å². The van der Waals surface area contributed by atoms with Crippen molar-refractivity contribution in [2.24, 2.45) is 18.4 Å². The molecule has 1 saturated heterocycles. The molecule has 2 aliphatic rings. The summed E-state index contributed by atoms with van der Waals surface area (Å²) in [5, 5.41) is 10.8. The number of likely N-dealkylation sites (tertiary alicyclic amines) is 1. The minimum absolute atomic E-state index is 0.0176. The van der Waals surface area contributed by atoms with Gasteiger partial charge in [0.25, 0.3) is 0 Å². The molecule has 0 spiro atoms. The molecule has 2 aromatic rings. The summed E-state index contributed by atoms with van der Waals surface area (Å²) in [6, 6.07) is 0. The number of hydrogen-bond donors (Lipinski definition) is 1. The highest BCUT2D eigenvalue weighted by atomic mass is 32.1. The molecule has 2 amide bonds. The number of thiazole rings is 1. The first kappa shape index (κ1) is 18.1. The lowest BCUT2D eigenvalue weighted by Gasteiger charge is -2.30. The van der Waals surface area contributed by atoms with Crippen LogP contribution in [0.25, 0.3) is 0 Å². The third kappa shape index (κ3) is 4.02. The van der Waals surface area contributed by atoms with E-state index in [1.807, 2.05) is 4.90 Å². The van der Waals surface area contributed by atoms with E-state index in [2.05, 4.69) is 20.6 Å². The average molecular weight is 388 g/mol. The standard InChI is InChI=1S/C18H24N6O2S/c1-23-14(8-21-22-23)6-16(25)20-10-18(13-2-3-13)4-5-24(11-18)17(26)7-15-9-19-12-27-15/h8-9,12-13H,2-7,10-11H2,1H3,(H,20,25). The molecule has 1 saturated carbocycles. The van der Waals surface area contributed by atoms with Crippen molar-refractivity contribution in [1.29, 1.82) is 0 Å². The van der Waals surface area contributed by atoms with Crippen LogP contribution in [0.3, 0.4) is 0 Å². The number of carbonyl (C=O) groups is 2. The summed E-state index contributed by atoms with van der Waals surface area (Å²) in [5.74, 6) is 0.751. The van der Waals surface area contributed by atoms with Gasteiger partial charge in [-0.05, 0) is 25.2 Å². The van der Waals surface area contributed by atoms with Crippen LogP contribution < -0.4 is 5.32 Å². The Labute approximate surface area is 162 Å². The van der Waals surface area contributed by atoms with Crippen LogP contribution in [0, 0.1) is 11.3 Å². The molecule has 1 aliphatic carbocycles. The van der Waals surface area contributed by atoms with Gasteiger partial charge in [-0.1, -0.05) is 5.21 Å². The number of nitrogens with one attached hydrogen (secondary N) is 1. The van der Waals surface area contributed by atoms with Crippen molar-refractivity contribution < 1.29 is 9.59 Å². The first-order chi connectivity index (χ1) is 13.1. The van der Waals surface area contributed by atoms with Crippen LogP contribution >= 0.6 is 11.3 Å². The molecule has 27 heavy (non-hydrogen) atoms. The summed E-state index contributed by atoms with van der Waals surface area (Å²) in [6.07, 6.45) is 7.42. The van der Waals surface area contributed by atoms with E-state index in [1.165, 1.54) is 24.2 Å². The van der Waals surface area contributed by atoms with E-state index >= 15 is 0 Å². The van der Waals surface area contributed by atoms with Crippen LogP contribution in [0.4, 0.5) is 0 Å². The number of carbonyl (C=O) groups excluding carboxylic acids is 2. The van der Waals surface area contributed by atoms with Gasteiger partial charge in [-0.2, -0.15) is 0 Å². The minimum Gasteiger partial charge on any atom is -0.355 e. The number of nitrogens with zero attached hydrogens (tertiary/aromatic N) is 5. The zero-order chi connectivity index (χ0) is 18.9. The van der Waals surface area contributed by atoms with Gasteiger partial charge in [0.15, 0.2) is 0 Å². The fourth-order valence-corrected chi connectivity index (χ4v) is 4.57. The second kappa shape index (κ2) is 7.38. The van der Waals surface area contributed by atoms with Crippen molar-refractivity contribution in [1.82, 2.24) is 30.2 Å². The lowest BCUT2D eigenvalue weighted by Crippen LogP contribution is -2.42. The molecule has 2 fully saturated rings. The second-order valence-corrected chi connectivity index (χ2v) is 8.62. The molecule has 144 valence electrons. The van der Waals surface area contributed by atoms with E-state index in [4.69, 9.17) is 0 Å². The van der Waals surface area contributed by atoms with Crippen LogP contribution in [0.15, 0.2) is 17.9 Å². The zero-order valence-corrected chi connectivity index (χ0v) is 16.2. The van der Waals surface area contributed by atoms with Crippen LogP contribution in [0.2, 0.25) is 0 Å². The highest BCUT2D eigenvalue weighted by Crippen LogP contribution is 2.50. The monoisotopic (exact) mass is 388 g/mol. The molecule has 4 rings (SSSR count). The van der Waals surface area contributed by atoms with Crippen LogP contribution in [0.1, 0.15) is 29.8 Å². The highest BCUT2D eigenvalue weighted by molar-refractivity contribution is 7.09. The Morgan fingerprint density at radius 3 is 2.85 bits per heavy atom. The largest absolute Gasteiger partial charge is 0.355 e. The number of hydrogen-bond acceptors (Lipinski definition) is 6. The molecule has 0 aromatic carbocycles. The second-order valence-electron chi connectivity index (χ2n) is 7.65. The van der Waals surface area contributed by atoms with Crippen molar-refractivity contribution >= 4 is 23.2 Å². The van der Waals surface area contributed by atoms with Gasteiger partial charge in [-0.25, -0.2) is 0 Å². The Kier molecular flexibility index (Phi) is 4.94. The van der Waals surface area contributed by atoms with Gasteiger partial charge in [0.05, 0.1) is 30.2 Å². The zero-order valence-electron chi connectivity index (χ0n) is 15.4. The van der Waals surface area contributed by atoms with Crippen LogP contribution in [0.5, 0.6) is 0 Å². The van der Waals surface area contributed by atoms with E-state index in [-0.39, 0.29) is 23.7 Å². The number of amides is 2. The quantitative estimate of drug-likeness (QED) is 0.757. The Bertz CT molecular complexity index is 816. The van der Waals surface area contributed by atoms with E-state index in [0.717, 1.165) is 30.1 Å². The first-order valence-corrected chi connectivity index (χ1v) is 10.2. The summed E-state index contributed by atoms with van der Waals surface area (Å²) in [6.45, 7) is 2.14. The molecule has 2 aromatic heterocycles. The Morgan fingerprint density at radius 2 is 2.19 bits per heavy atom. The van der Waals surface area contributed by atoms with Gasteiger partial charge in [-0.15, -0.1) is 16.4 Å². The summed E-state index contributed by atoms with van der Waals surface area (Å²) in [7, 11) is 1.78. The summed E-state index contributed by atoms with van der Waals surface area (Å²) in [4.78, 5) is 32.0. The van der Waals surface area contributed by atoms with E-state index in [0.29, 0.717) is 18.9 Å². The van der Waals surface area contributed by atoms with Crippen molar-refractivity contribution in [3.8, 4) is 0 Å². The molecule has 9 heteroatoms. The third-order valence-electron chi connectivity index (χ3n) is 5.78. The minimum atomic E-state index is -0.0186. The molecular formula is C18H24N6O2S. The van der Waals surface area contributed by atoms with Gasteiger partial charge in [0.1, 0.15) is 0 Å². The number of aromatic nitrogens is 4. The maximum atomic E-state index is 12.6. The van der Waals surface area contributed by atoms with E-state index in [9.17, 15) is 9.59 Å². The molecule has 3 heterocycles. The lowest BCUT2D eigenvalue weighted by atomic mass is 9.81. The molecule has 1 unspecified atom stereocenters. The molecule has 0 bridgehead atoms. The summed E-state index contributed by atoms with van der Waals surface area (Å²) in [5.41, 5.74) is 2.57. The van der Waals surface area contributed by atoms with Gasteiger partial charge >= 0.3 is 0 Å². The van der Waals surface area contributed by atoms with Gasteiger partial charge in [0, 0.05) is 43.2 Å². The van der Waals surface area contributed by atoms with Gasteiger partial charge in [-0.3, -0.25) is 19.3 Å². The average Bonchev–Trinajstić information content (AvgIpc) is 3.05. The fourth-order valence-electron chi connectivity index (χ4n) is 3.99. The van der Waals surface area contributed by atoms with Crippen LogP contribution in [-0.4, -0.2) is 56.3 Å². The van der Waals surface area contributed by atoms with Gasteiger partial charge < -0.3 is 10.2 Å². The molecule has 1 aliphatic heterocycles. The Hall–Kier alpha value is -2.29. The summed E-state index contributed by atoms with van der Waals surface area (Å²) < 4.78 is 1.62. The molecule has 8 nitrogen and oxygen atoms in total. The lowest BCUT2D eigenvalue weighted by molar-refractivity contribution is -0.129. The van der Waals surface area contributed by atoms with Crippen LogP contribution in [-0.2, 0) is 29.5 Å². The molecule has 0 radical (unpaired) electrons. The first-order valence-electron chi connectivity index (χ1n) is 9.31. The summed E-state index contributed by atoms with van der Waals surface area (Å²) >= 11 is 1.52. The smallest absolute Gasteiger partial charge is 0.227 e. The molecule has 1 atom stereocenters. The molecule has 1 N–H and O–H groups in total. The maximum Gasteiger partial charge on any atom is 0.227 e. The fraction of sp³-hybridized carbons (Fsp3) is 0.611. The normalized spacial score (nSPS) is 22.2.